The second-order valence-corrected chi connectivity index (χ2v) is 7.85. The summed E-state index contributed by atoms with van der Waals surface area (Å²) in [6, 6.07) is 5.77. The number of rotatable bonds is 1. The van der Waals surface area contributed by atoms with Crippen LogP contribution >= 0.6 is 0 Å². The molecule has 2 aliphatic heterocycles. The van der Waals surface area contributed by atoms with Crippen molar-refractivity contribution in [2.24, 2.45) is 0 Å². The normalized spacial score (nSPS) is 21.0. The Labute approximate surface area is 179 Å². The Morgan fingerprint density at radius 1 is 1.42 bits per heavy atom. The van der Waals surface area contributed by atoms with Gasteiger partial charge in [-0.25, -0.2) is 14.4 Å². The summed E-state index contributed by atoms with van der Waals surface area (Å²) < 4.78 is 14.2. The number of likely N-dealkylation sites (N-methyl/N-ethyl adjacent to an activating group) is 1. The van der Waals surface area contributed by atoms with Crippen LogP contribution in [-0.2, 0) is 0 Å². The zero-order valence-electron chi connectivity index (χ0n) is 17.3. The number of nitrogens with two attached hydrogens (primary N) is 1. The van der Waals surface area contributed by atoms with Crippen LogP contribution in [0.1, 0.15) is 47.4 Å². The molecule has 2 aromatic rings. The predicted molar refractivity (Wildman–Crippen MR) is 115 cm³/mol. The molecule has 1 atom stereocenters. The number of hydrogen-bond acceptors (Lipinski definition) is 7. The Balaban J connectivity index is 2.01. The van der Waals surface area contributed by atoms with Gasteiger partial charge in [0.05, 0.1) is 17.9 Å². The minimum Gasteiger partial charge on any atom is -0.381 e. The Hall–Kier alpha value is -3.80. The van der Waals surface area contributed by atoms with Crippen molar-refractivity contribution < 1.29 is 9.18 Å². The van der Waals surface area contributed by atoms with E-state index in [0.29, 0.717) is 46.8 Å². The largest absolute Gasteiger partial charge is 0.381 e. The van der Waals surface area contributed by atoms with E-state index in [1.165, 1.54) is 29.3 Å². The van der Waals surface area contributed by atoms with Gasteiger partial charge in [0.15, 0.2) is 11.6 Å². The summed E-state index contributed by atoms with van der Waals surface area (Å²) in [5, 5.41) is 17.6. The molecule has 31 heavy (non-hydrogen) atoms. The average molecular weight is 419 g/mol. The van der Waals surface area contributed by atoms with Crippen molar-refractivity contribution in [1.29, 1.82) is 10.7 Å². The van der Waals surface area contributed by atoms with Gasteiger partial charge in [0.1, 0.15) is 17.6 Å². The van der Waals surface area contributed by atoms with Crippen molar-refractivity contribution in [3.05, 3.63) is 52.6 Å². The van der Waals surface area contributed by atoms with E-state index in [-0.39, 0.29) is 30.0 Å². The van der Waals surface area contributed by atoms with E-state index in [2.05, 4.69) is 9.97 Å². The molecule has 1 aromatic carbocycles. The summed E-state index contributed by atoms with van der Waals surface area (Å²) >= 11 is 0. The minimum atomic E-state index is -0.415. The number of carbonyl (C=O) groups excluding carboxylic acids is 1. The first-order chi connectivity index (χ1) is 14.8. The Morgan fingerprint density at radius 3 is 2.94 bits per heavy atom. The van der Waals surface area contributed by atoms with Crippen LogP contribution in [0.3, 0.4) is 0 Å². The Morgan fingerprint density at radius 2 is 2.19 bits per heavy atom. The van der Waals surface area contributed by atoms with Crippen molar-refractivity contribution in [3.8, 4) is 6.07 Å². The number of nitrogens with zero attached hydrogens (tertiary/aromatic N) is 5. The highest BCUT2D eigenvalue weighted by Gasteiger charge is 2.34. The molecular weight excluding hydrogens is 397 g/mol. The van der Waals surface area contributed by atoms with E-state index in [1.54, 1.807) is 14.0 Å². The molecule has 0 unspecified atom stereocenters. The molecule has 158 valence electrons. The highest BCUT2D eigenvalue weighted by Crippen LogP contribution is 2.40. The fourth-order valence-electron chi connectivity index (χ4n) is 4.40. The molecule has 2 aliphatic rings. The summed E-state index contributed by atoms with van der Waals surface area (Å²) in [6.07, 6.45) is 2.95. The van der Waals surface area contributed by atoms with Gasteiger partial charge >= 0.3 is 0 Å². The lowest BCUT2D eigenvalue weighted by molar-refractivity contribution is 0.0805. The standard InChI is InChI=1S/C22H22FN7O/c1-12-11-29(2)22(31)14-6-5-13(23)8-15(14)18-4-3-7-30(18)21-20(26)27-10-17(28-21)19(12)16(25)9-24/h5-6,8,10,18,25H,3-4,7,11H2,1-2H3,(H2,26,27)/b19-12-,25-16?/t18-/m1/s1. The maximum atomic E-state index is 14.2. The van der Waals surface area contributed by atoms with Gasteiger partial charge in [-0.15, -0.1) is 0 Å². The fraction of sp³-hybridized carbons (Fsp3) is 0.318. The fourth-order valence-corrected chi connectivity index (χ4v) is 4.40. The Kier molecular flexibility index (Phi) is 5.15. The van der Waals surface area contributed by atoms with Crippen molar-refractivity contribution in [3.63, 3.8) is 0 Å². The molecular formula is C22H22FN7O. The molecule has 0 saturated carbocycles. The second kappa shape index (κ2) is 7.80. The Bertz CT molecular complexity index is 1170. The molecule has 1 saturated heterocycles. The van der Waals surface area contributed by atoms with E-state index in [9.17, 15) is 14.4 Å². The second-order valence-electron chi connectivity index (χ2n) is 7.85. The molecule has 1 fully saturated rings. The quantitative estimate of drug-likeness (QED) is 0.685. The lowest BCUT2D eigenvalue weighted by atomic mass is 9.96. The van der Waals surface area contributed by atoms with Crippen molar-refractivity contribution >= 4 is 28.8 Å². The van der Waals surface area contributed by atoms with Crippen molar-refractivity contribution in [1.82, 2.24) is 14.9 Å². The number of nitrogens with one attached hydrogen (secondary N) is 1. The summed E-state index contributed by atoms with van der Waals surface area (Å²) in [7, 11) is 1.64. The molecule has 0 aliphatic carbocycles. The molecule has 3 heterocycles. The third-order valence-corrected chi connectivity index (χ3v) is 5.78. The number of halogens is 1. The van der Waals surface area contributed by atoms with Gasteiger partial charge in [0.2, 0.25) is 0 Å². The highest BCUT2D eigenvalue weighted by molar-refractivity contribution is 6.30. The van der Waals surface area contributed by atoms with Crippen LogP contribution in [-0.4, -0.2) is 46.6 Å². The number of benzene rings is 1. The van der Waals surface area contributed by atoms with Crippen molar-refractivity contribution in [2.75, 3.05) is 30.8 Å². The SMILES string of the molecule is C/C1=C(\C(=N)C#N)c2cnc(N)c(n2)N2CCC[C@@H]2c2cc(F)ccc2C(=O)N(C)C1. The molecule has 1 aromatic heterocycles. The maximum Gasteiger partial charge on any atom is 0.254 e. The minimum absolute atomic E-state index is 0.171. The van der Waals surface area contributed by atoms with Crippen LogP contribution in [0.25, 0.3) is 5.57 Å². The number of carbonyl (C=O) groups is 1. The number of aromatic nitrogens is 2. The van der Waals surface area contributed by atoms with Gasteiger partial charge in [-0.1, -0.05) is 0 Å². The zero-order valence-corrected chi connectivity index (χ0v) is 17.3. The van der Waals surface area contributed by atoms with Gasteiger partial charge in [-0.3, -0.25) is 10.2 Å². The van der Waals surface area contributed by atoms with E-state index in [0.717, 1.165) is 6.42 Å². The van der Waals surface area contributed by atoms with Gasteiger partial charge in [-0.05, 0) is 49.1 Å². The van der Waals surface area contributed by atoms with Gasteiger partial charge in [0.25, 0.3) is 5.91 Å². The highest BCUT2D eigenvalue weighted by atomic mass is 19.1. The zero-order chi connectivity index (χ0) is 22.3. The molecule has 3 N–H and O–H groups in total. The van der Waals surface area contributed by atoms with Crippen LogP contribution in [0.4, 0.5) is 16.0 Å². The average Bonchev–Trinajstić information content (AvgIpc) is 3.23. The number of nitrogen functional groups attached to an aromatic ring is 1. The predicted octanol–water partition coefficient (Wildman–Crippen LogP) is 2.94. The van der Waals surface area contributed by atoms with Crippen molar-refractivity contribution in [2.45, 2.75) is 25.8 Å². The van der Waals surface area contributed by atoms with E-state index in [1.807, 2.05) is 11.0 Å². The van der Waals surface area contributed by atoms with Crippen LogP contribution in [0, 0.1) is 22.6 Å². The van der Waals surface area contributed by atoms with Crippen LogP contribution in [0.15, 0.2) is 30.0 Å². The van der Waals surface area contributed by atoms with Crippen LogP contribution in [0.2, 0.25) is 0 Å². The summed E-state index contributed by atoms with van der Waals surface area (Å²) in [5.41, 5.74) is 8.19. The molecule has 0 radical (unpaired) electrons. The summed E-state index contributed by atoms with van der Waals surface area (Å²) in [6.45, 7) is 2.53. The first-order valence-electron chi connectivity index (χ1n) is 9.95. The molecule has 0 spiro atoms. The first kappa shape index (κ1) is 20.5. The van der Waals surface area contributed by atoms with Crippen LogP contribution < -0.4 is 10.6 Å². The molecule has 2 bridgehead atoms. The first-order valence-corrected chi connectivity index (χ1v) is 9.95. The number of nitriles is 1. The van der Waals surface area contributed by atoms with Gasteiger partial charge in [0, 0.05) is 31.3 Å². The lowest BCUT2D eigenvalue weighted by Crippen LogP contribution is -2.33. The monoisotopic (exact) mass is 419 g/mol. The smallest absolute Gasteiger partial charge is 0.254 e. The third-order valence-electron chi connectivity index (χ3n) is 5.78. The maximum absolute atomic E-state index is 14.2. The number of hydrogen-bond donors (Lipinski definition) is 2. The number of fused-ring (bicyclic) bond motifs is 6. The topological polar surface area (TPSA) is 123 Å². The number of allylic oxidation sites excluding steroid dienone is 1. The number of anilines is 2. The van der Waals surface area contributed by atoms with E-state index in [4.69, 9.17) is 11.1 Å². The van der Waals surface area contributed by atoms with E-state index < -0.39 is 5.82 Å². The molecule has 4 rings (SSSR count). The van der Waals surface area contributed by atoms with Crippen LogP contribution in [0.5, 0.6) is 0 Å². The third kappa shape index (κ3) is 3.50. The van der Waals surface area contributed by atoms with Gasteiger partial charge in [-0.2, -0.15) is 5.26 Å². The summed E-state index contributed by atoms with van der Waals surface area (Å²) in [4.78, 5) is 25.7. The molecule has 9 heteroatoms. The number of amides is 1. The van der Waals surface area contributed by atoms with Gasteiger partial charge < -0.3 is 15.5 Å². The lowest BCUT2D eigenvalue weighted by Gasteiger charge is -2.30. The molecule has 8 nitrogen and oxygen atoms in total. The summed E-state index contributed by atoms with van der Waals surface area (Å²) in [5.74, 6) is -0.0589. The molecule has 1 amide bonds. The van der Waals surface area contributed by atoms with E-state index >= 15 is 0 Å².